The van der Waals surface area contributed by atoms with Crippen LogP contribution in [0.2, 0.25) is 0 Å². The molecule has 5 nitrogen and oxygen atoms in total. The van der Waals surface area contributed by atoms with E-state index in [1.54, 1.807) is 6.20 Å². The normalized spacial score (nSPS) is 14.0. The molecule has 0 bridgehead atoms. The number of nitrogens with one attached hydrogen (secondary N) is 1. The van der Waals surface area contributed by atoms with Crippen molar-refractivity contribution < 1.29 is 4.79 Å². The summed E-state index contributed by atoms with van der Waals surface area (Å²) in [7, 11) is 0. The predicted octanol–water partition coefficient (Wildman–Crippen LogP) is 4.28. The van der Waals surface area contributed by atoms with E-state index < -0.39 is 0 Å². The molecule has 0 saturated carbocycles. The highest BCUT2D eigenvalue weighted by Gasteiger charge is 2.19. The molecule has 5 heteroatoms. The summed E-state index contributed by atoms with van der Waals surface area (Å²) in [6, 6.07) is 20.4. The maximum Gasteiger partial charge on any atom is 0.274 e. The Labute approximate surface area is 172 Å². The third kappa shape index (κ3) is 4.40. The molecule has 29 heavy (non-hydrogen) atoms. The number of carbonyl (C=O) groups is 1. The fourth-order valence-electron chi connectivity index (χ4n) is 3.74. The van der Waals surface area contributed by atoms with E-state index in [4.69, 9.17) is 0 Å². The Hall–Kier alpha value is -3.34. The number of hydrogen-bond donors (Lipinski definition) is 1. The van der Waals surface area contributed by atoms with Gasteiger partial charge in [0.1, 0.15) is 5.69 Å². The summed E-state index contributed by atoms with van der Waals surface area (Å²) >= 11 is 0. The van der Waals surface area contributed by atoms with Crippen LogP contribution >= 0.6 is 0 Å². The number of benzene rings is 2. The van der Waals surface area contributed by atoms with Crippen molar-refractivity contribution in [2.45, 2.75) is 13.8 Å². The molecule has 1 saturated heterocycles. The number of para-hydroxylation sites is 1. The largest absolute Gasteiger partial charge is 0.368 e. The minimum Gasteiger partial charge on any atom is -0.368 e. The first kappa shape index (κ1) is 19.0. The van der Waals surface area contributed by atoms with Gasteiger partial charge in [-0.1, -0.05) is 35.9 Å². The molecule has 2 aromatic carbocycles. The standard InChI is InChI=1S/C24H26N4O/c1-18-8-9-22(19(2)16-18)26-24(29)23-17-21(10-11-25-23)28-14-12-27(13-15-28)20-6-4-3-5-7-20/h3-11,16-17H,12-15H2,1-2H3,(H,26,29). The lowest BCUT2D eigenvalue weighted by Crippen LogP contribution is -2.46. The molecule has 1 aromatic heterocycles. The van der Waals surface area contributed by atoms with Gasteiger partial charge in [0.2, 0.25) is 0 Å². The fourth-order valence-corrected chi connectivity index (χ4v) is 3.74. The zero-order valence-corrected chi connectivity index (χ0v) is 16.9. The van der Waals surface area contributed by atoms with E-state index in [1.165, 1.54) is 11.3 Å². The maximum atomic E-state index is 12.7. The third-order valence-corrected chi connectivity index (χ3v) is 5.37. The quantitative estimate of drug-likeness (QED) is 0.727. The highest BCUT2D eigenvalue weighted by atomic mass is 16.1. The minimum absolute atomic E-state index is 0.179. The lowest BCUT2D eigenvalue weighted by Gasteiger charge is -2.37. The Kier molecular flexibility index (Phi) is 5.47. The van der Waals surface area contributed by atoms with Crippen LogP contribution in [-0.4, -0.2) is 37.1 Å². The molecule has 2 heterocycles. The van der Waals surface area contributed by atoms with E-state index in [1.807, 2.05) is 44.2 Å². The lowest BCUT2D eigenvalue weighted by molar-refractivity contribution is 0.102. The summed E-state index contributed by atoms with van der Waals surface area (Å²) in [6.07, 6.45) is 1.72. The number of piperazine rings is 1. The SMILES string of the molecule is Cc1ccc(NC(=O)c2cc(N3CCN(c4ccccc4)CC3)ccn2)c(C)c1. The average Bonchev–Trinajstić information content (AvgIpc) is 2.76. The predicted molar refractivity (Wildman–Crippen MR) is 119 cm³/mol. The van der Waals surface area contributed by atoms with Crippen molar-refractivity contribution >= 4 is 23.0 Å². The van der Waals surface area contributed by atoms with Crippen molar-refractivity contribution in [1.82, 2.24) is 4.98 Å². The van der Waals surface area contributed by atoms with E-state index in [0.717, 1.165) is 43.1 Å². The molecule has 1 amide bonds. The van der Waals surface area contributed by atoms with Gasteiger partial charge in [-0.05, 0) is 49.7 Å². The Morgan fingerprint density at radius 3 is 2.24 bits per heavy atom. The second-order valence-electron chi connectivity index (χ2n) is 7.48. The molecule has 0 aliphatic carbocycles. The number of aromatic nitrogens is 1. The van der Waals surface area contributed by atoms with Crippen molar-refractivity contribution in [3.8, 4) is 0 Å². The number of aryl methyl sites for hydroxylation is 2. The third-order valence-electron chi connectivity index (χ3n) is 5.37. The van der Waals surface area contributed by atoms with Gasteiger partial charge in [-0.25, -0.2) is 0 Å². The number of carbonyl (C=O) groups excluding carboxylic acids is 1. The van der Waals surface area contributed by atoms with Gasteiger partial charge in [-0.15, -0.1) is 0 Å². The second-order valence-corrected chi connectivity index (χ2v) is 7.48. The highest BCUT2D eigenvalue weighted by Crippen LogP contribution is 2.22. The Bertz CT molecular complexity index is 995. The van der Waals surface area contributed by atoms with Gasteiger partial charge >= 0.3 is 0 Å². The van der Waals surface area contributed by atoms with Crippen LogP contribution in [0.15, 0.2) is 66.9 Å². The fraction of sp³-hybridized carbons (Fsp3) is 0.250. The molecule has 4 rings (SSSR count). The molecule has 0 unspecified atom stereocenters. The van der Waals surface area contributed by atoms with Crippen LogP contribution in [0.3, 0.4) is 0 Å². The average molecular weight is 386 g/mol. The molecule has 0 atom stereocenters. The van der Waals surface area contributed by atoms with Gasteiger partial charge in [-0.3, -0.25) is 9.78 Å². The first-order valence-electron chi connectivity index (χ1n) is 10.00. The maximum absolute atomic E-state index is 12.7. The van der Waals surface area contributed by atoms with Gasteiger partial charge in [0.05, 0.1) is 0 Å². The number of hydrogen-bond acceptors (Lipinski definition) is 4. The molecule has 0 radical (unpaired) electrons. The smallest absolute Gasteiger partial charge is 0.274 e. The highest BCUT2D eigenvalue weighted by molar-refractivity contribution is 6.03. The summed E-state index contributed by atoms with van der Waals surface area (Å²) in [5.74, 6) is -0.179. The molecule has 1 N–H and O–H groups in total. The van der Waals surface area contributed by atoms with Crippen molar-refractivity contribution in [2.24, 2.45) is 0 Å². The van der Waals surface area contributed by atoms with Crippen LogP contribution < -0.4 is 15.1 Å². The molecule has 148 valence electrons. The summed E-state index contributed by atoms with van der Waals surface area (Å²) in [5.41, 5.74) is 5.79. The zero-order chi connectivity index (χ0) is 20.2. The summed E-state index contributed by atoms with van der Waals surface area (Å²) in [5, 5.41) is 2.98. The Balaban J connectivity index is 1.43. The van der Waals surface area contributed by atoms with E-state index in [9.17, 15) is 4.79 Å². The number of pyridine rings is 1. The zero-order valence-electron chi connectivity index (χ0n) is 16.9. The van der Waals surface area contributed by atoms with Crippen molar-refractivity contribution in [1.29, 1.82) is 0 Å². The van der Waals surface area contributed by atoms with Crippen LogP contribution in [-0.2, 0) is 0 Å². The molecule has 3 aromatic rings. The molecule has 1 fully saturated rings. The molecule has 1 aliphatic heterocycles. The van der Waals surface area contributed by atoms with E-state index in [0.29, 0.717) is 5.69 Å². The van der Waals surface area contributed by atoms with Gasteiger partial charge in [0, 0.05) is 49.4 Å². The van der Waals surface area contributed by atoms with Crippen LogP contribution in [0.25, 0.3) is 0 Å². The second kappa shape index (κ2) is 8.35. The van der Waals surface area contributed by atoms with E-state index >= 15 is 0 Å². The van der Waals surface area contributed by atoms with Crippen molar-refractivity contribution in [3.63, 3.8) is 0 Å². The van der Waals surface area contributed by atoms with Gasteiger partial charge in [0.15, 0.2) is 0 Å². The molecular formula is C24H26N4O. The van der Waals surface area contributed by atoms with E-state index in [-0.39, 0.29) is 5.91 Å². The van der Waals surface area contributed by atoms with Crippen LogP contribution in [0.4, 0.5) is 17.1 Å². The molecule has 1 aliphatic rings. The summed E-state index contributed by atoms with van der Waals surface area (Å²) in [6.45, 7) is 7.78. The van der Waals surface area contributed by atoms with Crippen LogP contribution in [0.5, 0.6) is 0 Å². The number of anilines is 3. The number of rotatable bonds is 4. The van der Waals surface area contributed by atoms with Crippen LogP contribution in [0, 0.1) is 13.8 Å². The molecule has 0 spiro atoms. The minimum atomic E-state index is -0.179. The Morgan fingerprint density at radius 1 is 0.862 bits per heavy atom. The number of nitrogens with zero attached hydrogens (tertiary/aromatic N) is 3. The summed E-state index contributed by atoms with van der Waals surface area (Å²) in [4.78, 5) is 21.7. The Morgan fingerprint density at radius 2 is 1.55 bits per heavy atom. The lowest BCUT2D eigenvalue weighted by atomic mass is 10.1. The number of amides is 1. The first-order valence-corrected chi connectivity index (χ1v) is 10.00. The monoisotopic (exact) mass is 386 g/mol. The van der Waals surface area contributed by atoms with E-state index in [2.05, 4.69) is 50.4 Å². The van der Waals surface area contributed by atoms with Gasteiger partial charge in [0.25, 0.3) is 5.91 Å². The van der Waals surface area contributed by atoms with Gasteiger partial charge < -0.3 is 15.1 Å². The first-order chi connectivity index (χ1) is 14.1. The van der Waals surface area contributed by atoms with Crippen LogP contribution in [0.1, 0.15) is 21.6 Å². The van der Waals surface area contributed by atoms with Gasteiger partial charge in [-0.2, -0.15) is 0 Å². The van der Waals surface area contributed by atoms with Crippen molar-refractivity contribution in [3.05, 3.63) is 83.7 Å². The summed E-state index contributed by atoms with van der Waals surface area (Å²) < 4.78 is 0. The molecular weight excluding hydrogens is 360 g/mol. The topological polar surface area (TPSA) is 48.5 Å². The van der Waals surface area contributed by atoms with Crippen molar-refractivity contribution in [2.75, 3.05) is 41.3 Å².